The van der Waals surface area contributed by atoms with Crippen molar-refractivity contribution in [3.8, 4) is 5.75 Å². The monoisotopic (exact) mass is 389 g/mol. The lowest BCUT2D eigenvalue weighted by atomic mass is 10.1. The molecule has 0 aliphatic carbocycles. The van der Waals surface area contributed by atoms with Crippen LogP contribution in [0.2, 0.25) is 0 Å². The average Bonchev–Trinajstić information content (AvgIpc) is 3.39. The number of anilines is 1. The third-order valence-corrected chi connectivity index (χ3v) is 5.49. The van der Waals surface area contributed by atoms with Crippen molar-refractivity contribution in [3.05, 3.63) is 54.6 Å². The summed E-state index contributed by atoms with van der Waals surface area (Å²) >= 11 is 0. The van der Waals surface area contributed by atoms with Crippen molar-refractivity contribution in [1.29, 1.82) is 0 Å². The van der Waals surface area contributed by atoms with Gasteiger partial charge in [-0.3, -0.25) is 4.98 Å². The standard InChI is InChI=1S/C22H23N5O2/c1-2-14-9-15-3-4-16(10-19(15)24-11-14)28-12-17-5-6-20(29-17)27-8-7-18-21(23)25-13-26-22(18)27/h3-4,7-11,13,17,20H,2,5-6,12H2,1H3,(H2,23,25,26). The van der Waals surface area contributed by atoms with E-state index in [0.717, 1.165) is 46.9 Å². The Bertz CT molecular complexity index is 1170. The quantitative estimate of drug-likeness (QED) is 0.557. The minimum Gasteiger partial charge on any atom is -0.491 e. The molecule has 1 aliphatic rings. The summed E-state index contributed by atoms with van der Waals surface area (Å²) < 4.78 is 14.2. The fraction of sp³-hybridized carbons (Fsp3) is 0.318. The van der Waals surface area contributed by atoms with E-state index in [9.17, 15) is 0 Å². The van der Waals surface area contributed by atoms with Crippen LogP contribution in [0.4, 0.5) is 5.82 Å². The summed E-state index contributed by atoms with van der Waals surface area (Å²) in [5.41, 5.74) is 8.92. The first-order valence-electron chi connectivity index (χ1n) is 9.95. The Hall–Kier alpha value is -3.19. The van der Waals surface area contributed by atoms with Crippen LogP contribution in [0.25, 0.3) is 21.9 Å². The molecule has 2 unspecified atom stereocenters. The van der Waals surface area contributed by atoms with Gasteiger partial charge in [0.2, 0.25) is 0 Å². The van der Waals surface area contributed by atoms with Crippen LogP contribution < -0.4 is 10.5 Å². The van der Waals surface area contributed by atoms with E-state index in [1.807, 2.05) is 35.2 Å². The molecule has 2 N–H and O–H groups in total. The van der Waals surface area contributed by atoms with Gasteiger partial charge >= 0.3 is 0 Å². The van der Waals surface area contributed by atoms with Crippen molar-refractivity contribution in [3.63, 3.8) is 0 Å². The zero-order chi connectivity index (χ0) is 19.8. The van der Waals surface area contributed by atoms with Crippen molar-refractivity contribution in [1.82, 2.24) is 19.5 Å². The molecular formula is C22H23N5O2. The molecule has 7 heteroatoms. The van der Waals surface area contributed by atoms with E-state index in [1.165, 1.54) is 11.9 Å². The average molecular weight is 389 g/mol. The molecule has 0 radical (unpaired) electrons. The van der Waals surface area contributed by atoms with Crippen LogP contribution in [0.3, 0.4) is 0 Å². The highest BCUT2D eigenvalue weighted by atomic mass is 16.6. The Morgan fingerprint density at radius 2 is 2.10 bits per heavy atom. The molecule has 29 heavy (non-hydrogen) atoms. The number of nitrogen functional groups attached to an aromatic ring is 1. The molecule has 1 aliphatic heterocycles. The number of rotatable bonds is 5. The minimum atomic E-state index is -0.0684. The lowest BCUT2D eigenvalue weighted by Gasteiger charge is -2.16. The largest absolute Gasteiger partial charge is 0.491 e. The zero-order valence-electron chi connectivity index (χ0n) is 16.3. The topological polar surface area (TPSA) is 88.1 Å². The second kappa shape index (κ2) is 7.33. The normalized spacial score (nSPS) is 19.2. The lowest BCUT2D eigenvalue weighted by molar-refractivity contribution is -0.0156. The number of aryl methyl sites for hydroxylation is 1. The van der Waals surface area contributed by atoms with Crippen LogP contribution >= 0.6 is 0 Å². The number of benzene rings is 1. The molecule has 0 bridgehead atoms. The number of fused-ring (bicyclic) bond motifs is 2. The number of hydrogen-bond acceptors (Lipinski definition) is 6. The molecule has 4 aromatic rings. The molecule has 4 heterocycles. The highest BCUT2D eigenvalue weighted by molar-refractivity contribution is 5.86. The van der Waals surface area contributed by atoms with Gasteiger partial charge in [0, 0.05) is 23.8 Å². The first-order chi connectivity index (χ1) is 14.2. The molecule has 0 amide bonds. The van der Waals surface area contributed by atoms with Gasteiger partial charge in [-0.05, 0) is 49.1 Å². The van der Waals surface area contributed by atoms with Gasteiger partial charge in [-0.2, -0.15) is 0 Å². The predicted molar refractivity (Wildman–Crippen MR) is 112 cm³/mol. The minimum absolute atomic E-state index is 0.0303. The molecule has 1 aromatic carbocycles. The Balaban J connectivity index is 1.25. The molecule has 148 valence electrons. The number of nitrogens with two attached hydrogens (primary N) is 1. The Morgan fingerprint density at radius 1 is 1.17 bits per heavy atom. The smallest absolute Gasteiger partial charge is 0.147 e. The van der Waals surface area contributed by atoms with Crippen molar-refractivity contribution < 1.29 is 9.47 Å². The van der Waals surface area contributed by atoms with E-state index in [2.05, 4.69) is 34.0 Å². The third-order valence-electron chi connectivity index (χ3n) is 5.49. The van der Waals surface area contributed by atoms with E-state index < -0.39 is 0 Å². The number of hydrogen-bond donors (Lipinski definition) is 1. The van der Waals surface area contributed by atoms with Crippen molar-refractivity contribution in [2.75, 3.05) is 12.3 Å². The Labute approximate surface area is 168 Å². The molecule has 1 fully saturated rings. The number of nitrogens with zero attached hydrogens (tertiary/aromatic N) is 4. The van der Waals surface area contributed by atoms with E-state index >= 15 is 0 Å². The van der Waals surface area contributed by atoms with Gasteiger partial charge in [0.05, 0.1) is 17.0 Å². The van der Waals surface area contributed by atoms with Gasteiger partial charge in [0.25, 0.3) is 0 Å². The number of pyridine rings is 1. The van der Waals surface area contributed by atoms with E-state index in [4.69, 9.17) is 15.2 Å². The summed E-state index contributed by atoms with van der Waals surface area (Å²) in [4.78, 5) is 12.9. The van der Waals surface area contributed by atoms with Crippen LogP contribution in [-0.4, -0.2) is 32.2 Å². The summed E-state index contributed by atoms with van der Waals surface area (Å²) in [6.45, 7) is 2.64. The molecule has 5 rings (SSSR count). The van der Waals surface area contributed by atoms with Gasteiger partial charge in [-0.15, -0.1) is 0 Å². The van der Waals surface area contributed by atoms with Crippen LogP contribution in [-0.2, 0) is 11.2 Å². The molecule has 3 aromatic heterocycles. The molecule has 7 nitrogen and oxygen atoms in total. The number of ether oxygens (including phenoxy) is 2. The maximum absolute atomic E-state index is 6.21. The van der Waals surface area contributed by atoms with Crippen LogP contribution in [0.1, 0.15) is 31.6 Å². The van der Waals surface area contributed by atoms with Crippen LogP contribution in [0, 0.1) is 0 Å². The Morgan fingerprint density at radius 3 is 3.00 bits per heavy atom. The highest BCUT2D eigenvalue weighted by Crippen LogP contribution is 2.32. The molecule has 2 atom stereocenters. The fourth-order valence-corrected chi connectivity index (χ4v) is 3.86. The fourth-order valence-electron chi connectivity index (χ4n) is 3.86. The molecular weight excluding hydrogens is 366 g/mol. The first kappa shape index (κ1) is 17.9. The van der Waals surface area contributed by atoms with Crippen molar-refractivity contribution >= 4 is 27.8 Å². The molecule has 1 saturated heterocycles. The predicted octanol–water partition coefficient (Wildman–Crippen LogP) is 3.88. The molecule has 0 saturated carbocycles. The summed E-state index contributed by atoms with van der Waals surface area (Å²) in [5, 5.41) is 1.99. The number of aromatic nitrogens is 4. The Kier molecular flexibility index (Phi) is 4.52. The lowest BCUT2D eigenvalue weighted by Crippen LogP contribution is -2.18. The third kappa shape index (κ3) is 3.38. The SMILES string of the molecule is CCc1cnc2cc(OCC3CCC(n4ccc5c(N)ncnc54)O3)ccc2c1. The first-order valence-corrected chi connectivity index (χ1v) is 9.95. The van der Waals surface area contributed by atoms with Crippen LogP contribution in [0.5, 0.6) is 5.75 Å². The van der Waals surface area contributed by atoms with E-state index in [-0.39, 0.29) is 12.3 Å². The maximum atomic E-state index is 6.21. The highest BCUT2D eigenvalue weighted by Gasteiger charge is 2.28. The van der Waals surface area contributed by atoms with Crippen molar-refractivity contribution in [2.24, 2.45) is 0 Å². The summed E-state index contributed by atoms with van der Waals surface area (Å²) in [7, 11) is 0. The van der Waals surface area contributed by atoms with Gasteiger partial charge in [-0.1, -0.05) is 6.92 Å². The van der Waals surface area contributed by atoms with Crippen LogP contribution in [0.15, 0.2) is 49.1 Å². The van der Waals surface area contributed by atoms with E-state index in [1.54, 1.807) is 0 Å². The summed E-state index contributed by atoms with van der Waals surface area (Å²) in [5.74, 6) is 1.30. The van der Waals surface area contributed by atoms with E-state index in [0.29, 0.717) is 12.4 Å². The van der Waals surface area contributed by atoms with Gasteiger partial charge < -0.3 is 19.8 Å². The molecule has 0 spiro atoms. The zero-order valence-corrected chi connectivity index (χ0v) is 16.3. The van der Waals surface area contributed by atoms with Gasteiger partial charge in [-0.25, -0.2) is 9.97 Å². The van der Waals surface area contributed by atoms with Crippen molar-refractivity contribution in [2.45, 2.75) is 38.5 Å². The van der Waals surface area contributed by atoms with Gasteiger partial charge in [0.15, 0.2) is 0 Å². The summed E-state index contributed by atoms with van der Waals surface area (Å²) in [6.07, 6.45) is 8.15. The second-order valence-corrected chi connectivity index (χ2v) is 7.37. The second-order valence-electron chi connectivity index (χ2n) is 7.37. The van der Waals surface area contributed by atoms with Gasteiger partial charge in [0.1, 0.15) is 36.4 Å². The maximum Gasteiger partial charge on any atom is 0.147 e. The summed E-state index contributed by atoms with van der Waals surface area (Å²) in [6, 6.07) is 10.2.